The van der Waals surface area contributed by atoms with Gasteiger partial charge in [0, 0.05) is 29.0 Å². The van der Waals surface area contributed by atoms with Crippen molar-refractivity contribution in [3.63, 3.8) is 0 Å². The zero-order chi connectivity index (χ0) is 20.6. The number of nitrogens with zero attached hydrogens (tertiary/aromatic N) is 2. The largest absolute Gasteiger partial charge is 0.497 e. The van der Waals surface area contributed by atoms with Crippen LogP contribution in [-0.2, 0) is 0 Å². The van der Waals surface area contributed by atoms with Gasteiger partial charge in [0.1, 0.15) is 5.75 Å². The molecule has 0 radical (unpaired) electrons. The van der Waals surface area contributed by atoms with Crippen LogP contribution in [0.15, 0.2) is 54.6 Å². The van der Waals surface area contributed by atoms with Crippen LogP contribution in [0.5, 0.6) is 5.75 Å². The first-order chi connectivity index (χ1) is 14.2. The second kappa shape index (κ2) is 13.8. The van der Waals surface area contributed by atoms with Gasteiger partial charge in [0.05, 0.1) is 24.4 Å². The van der Waals surface area contributed by atoms with E-state index in [2.05, 4.69) is 18.7 Å². The fourth-order valence-corrected chi connectivity index (χ4v) is 4.37. The highest BCUT2D eigenvalue weighted by atomic mass is 35.5. The number of ether oxygens (including phenoxy) is 1. The molecule has 3 aromatic rings. The average molecular weight is 484 g/mol. The van der Waals surface area contributed by atoms with Crippen LogP contribution in [0.25, 0.3) is 22.2 Å². The number of methoxy groups -OCH3 is 1. The number of hydrogen-bond acceptors (Lipinski definition) is 5. The highest BCUT2D eigenvalue weighted by Crippen LogP contribution is 2.32. The van der Waals surface area contributed by atoms with Crippen LogP contribution in [0.2, 0.25) is 0 Å². The molecule has 170 valence electrons. The highest BCUT2D eigenvalue weighted by molar-refractivity contribution is 7.99. The minimum atomic E-state index is -0.559. The number of rotatable bonds is 10. The van der Waals surface area contributed by atoms with Gasteiger partial charge in [-0.15, -0.1) is 24.8 Å². The molecule has 1 heterocycles. The predicted octanol–water partition coefficient (Wildman–Crippen LogP) is 5.86. The van der Waals surface area contributed by atoms with Crippen molar-refractivity contribution in [2.24, 2.45) is 0 Å². The van der Waals surface area contributed by atoms with Crippen molar-refractivity contribution in [3.05, 3.63) is 60.2 Å². The maximum absolute atomic E-state index is 11.0. The Morgan fingerprint density at radius 3 is 2.39 bits per heavy atom. The van der Waals surface area contributed by atoms with Crippen LogP contribution in [0.1, 0.15) is 25.5 Å². The number of aliphatic hydroxyl groups excluding tert-OH is 1. The molecule has 0 fully saturated rings. The molecule has 1 unspecified atom stereocenters. The van der Waals surface area contributed by atoms with Gasteiger partial charge in [0.25, 0.3) is 0 Å². The number of thioether (sulfide) groups is 1. The zero-order valence-electron chi connectivity index (χ0n) is 18.3. The molecule has 31 heavy (non-hydrogen) atoms. The van der Waals surface area contributed by atoms with Gasteiger partial charge >= 0.3 is 0 Å². The van der Waals surface area contributed by atoms with E-state index in [4.69, 9.17) is 9.72 Å². The first kappa shape index (κ1) is 27.5. The molecule has 3 rings (SSSR count). The van der Waals surface area contributed by atoms with Gasteiger partial charge in [0.2, 0.25) is 0 Å². The van der Waals surface area contributed by atoms with Gasteiger partial charge in [-0.2, -0.15) is 11.8 Å². The Kier molecular flexibility index (Phi) is 12.3. The van der Waals surface area contributed by atoms with E-state index in [0.29, 0.717) is 5.75 Å². The molecule has 0 aliphatic rings. The Labute approximate surface area is 202 Å². The van der Waals surface area contributed by atoms with Crippen LogP contribution in [0, 0.1) is 0 Å². The van der Waals surface area contributed by atoms with E-state index in [9.17, 15) is 5.11 Å². The van der Waals surface area contributed by atoms with Crippen LogP contribution < -0.4 is 4.74 Å². The fraction of sp³-hybridized carbons (Fsp3) is 0.375. The van der Waals surface area contributed by atoms with Gasteiger partial charge in [-0.3, -0.25) is 0 Å². The fourth-order valence-electron chi connectivity index (χ4n) is 3.41. The van der Waals surface area contributed by atoms with E-state index in [1.165, 1.54) is 0 Å². The number of aromatic nitrogens is 1. The van der Waals surface area contributed by atoms with E-state index in [-0.39, 0.29) is 24.8 Å². The standard InChI is InChI=1S/C24H30N2O2S.2ClH/c1-4-26(5-2)13-14-29-17-24(27)21-16-23(18-9-7-6-8-10-18)25-22-12-11-19(28-3)15-20(21)22;;/h6-12,15-16,24,27H,4-5,13-14,17H2,1-3H3;2*1H. The molecular formula is C24H32Cl2N2O2S. The molecule has 4 nitrogen and oxygen atoms in total. The predicted molar refractivity (Wildman–Crippen MR) is 138 cm³/mol. The summed E-state index contributed by atoms with van der Waals surface area (Å²) in [5.74, 6) is 2.44. The maximum atomic E-state index is 11.0. The van der Waals surface area contributed by atoms with Crippen LogP contribution in [0.3, 0.4) is 0 Å². The van der Waals surface area contributed by atoms with Crippen LogP contribution >= 0.6 is 36.6 Å². The Morgan fingerprint density at radius 2 is 1.74 bits per heavy atom. The number of fused-ring (bicyclic) bond motifs is 1. The molecule has 7 heteroatoms. The third-order valence-corrected chi connectivity index (χ3v) is 6.22. The first-order valence-electron chi connectivity index (χ1n) is 10.2. The molecule has 0 aliphatic heterocycles. The summed E-state index contributed by atoms with van der Waals surface area (Å²) in [5.41, 5.74) is 3.70. The van der Waals surface area contributed by atoms with Crippen molar-refractivity contribution in [1.29, 1.82) is 0 Å². The summed E-state index contributed by atoms with van der Waals surface area (Å²) >= 11 is 1.79. The van der Waals surface area contributed by atoms with E-state index >= 15 is 0 Å². The molecule has 0 spiro atoms. The molecule has 0 saturated carbocycles. The molecule has 0 amide bonds. The number of benzene rings is 2. The third kappa shape index (κ3) is 7.26. The lowest BCUT2D eigenvalue weighted by molar-refractivity contribution is 0.205. The third-order valence-electron chi connectivity index (χ3n) is 5.20. The Bertz CT molecular complexity index is 924. The van der Waals surface area contributed by atoms with Crippen molar-refractivity contribution >= 4 is 47.5 Å². The van der Waals surface area contributed by atoms with Crippen molar-refractivity contribution in [2.45, 2.75) is 20.0 Å². The molecule has 1 aromatic heterocycles. The number of hydrogen-bond donors (Lipinski definition) is 1. The van der Waals surface area contributed by atoms with E-state index in [0.717, 1.165) is 58.9 Å². The summed E-state index contributed by atoms with van der Waals surface area (Å²) in [6.45, 7) is 7.55. The SMILES string of the molecule is CCN(CC)CCSCC(O)c1cc(-c2ccccc2)nc2ccc(OC)cc12.Cl.Cl. The second-order valence-corrected chi connectivity index (χ2v) is 8.11. The topological polar surface area (TPSA) is 45.6 Å². The Hall–Kier alpha value is -1.50. The Balaban J connectivity index is 0.00000240. The average Bonchev–Trinajstić information content (AvgIpc) is 2.78. The molecule has 1 N–H and O–H groups in total. The first-order valence-corrected chi connectivity index (χ1v) is 11.3. The van der Waals surface area contributed by atoms with E-state index < -0.39 is 6.10 Å². The van der Waals surface area contributed by atoms with Crippen LogP contribution in [-0.4, -0.2) is 53.2 Å². The van der Waals surface area contributed by atoms with Crippen molar-refractivity contribution in [1.82, 2.24) is 9.88 Å². The molecular weight excluding hydrogens is 451 g/mol. The quantitative estimate of drug-likeness (QED) is 0.366. The minimum Gasteiger partial charge on any atom is -0.497 e. The van der Waals surface area contributed by atoms with Crippen LogP contribution in [0.4, 0.5) is 0 Å². The molecule has 0 aliphatic carbocycles. The second-order valence-electron chi connectivity index (χ2n) is 6.96. The summed E-state index contributed by atoms with van der Waals surface area (Å²) in [6.07, 6.45) is -0.559. The molecule has 2 aromatic carbocycles. The smallest absolute Gasteiger partial charge is 0.119 e. The lowest BCUT2D eigenvalue weighted by atomic mass is 10.0. The van der Waals surface area contributed by atoms with Gasteiger partial charge in [-0.1, -0.05) is 44.2 Å². The summed E-state index contributed by atoms with van der Waals surface area (Å²) in [7, 11) is 1.66. The Morgan fingerprint density at radius 1 is 1.03 bits per heavy atom. The van der Waals surface area contributed by atoms with Gasteiger partial charge in [0.15, 0.2) is 0 Å². The lowest BCUT2D eigenvalue weighted by Crippen LogP contribution is -2.25. The minimum absolute atomic E-state index is 0. The summed E-state index contributed by atoms with van der Waals surface area (Å²) in [4.78, 5) is 7.23. The van der Waals surface area contributed by atoms with Crippen molar-refractivity contribution < 1.29 is 9.84 Å². The molecule has 0 bridgehead atoms. The summed E-state index contributed by atoms with van der Waals surface area (Å²) in [5, 5.41) is 12.0. The normalized spacial score (nSPS) is 11.6. The molecule has 0 saturated heterocycles. The summed E-state index contributed by atoms with van der Waals surface area (Å²) in [6, 6.07) is 18.0. The molecule has 1 atom stereocenters. The monoisotopic (exact) mass is 482 g/mol. The van der Waals surface area contributed by atoms with E-state index in [1.807, 2.05) is 54.6 Å². The van der Waals surface area contributed by atoms with Gasteiger partial charge in [-0.05, 0) is 42.9 Å². The number of aliphatic hydroxyl groups is 1. The summed E-state index contributed by atoms with van der Waals surface area (Å²) < 4.78 is 5.40. The lowest BCUT2D eigenvalue weighted by Gasteiger charge is -2.19. The zero-order valence-corrected chi connectivity index (χ0v) is 20.7. The number of halogens is 2. The van der Waals surface area contributed by atoms with Crippen molar-refractivity contribution in [2.75, 3.05) is 38.2 Å². The maximum Gasteiger partial charge on any atom is 0.119 e. The highest BCUT2D eigenvalue weighted by Gasteiger charge is 2.16. The number of pyridine rings is 1. The van der Waals surface area contributed by atoms with Gasteiger partial charge in [-0.25, -0.2) is 4.98 Å². The van der Waals surface area contributed by atoms with Gasteiger partial charge < -0.3 is 14.7 Å². The van der Waals surface area contributed by atoms with E-state index in [1.54, 1.807) is 18.9 Å². The van der Waals surface area contributed by atoms with Crippen molar-refractivity contribution in [3.8, 4) is 17.0 Å².